The number of aromatic nitrogens is 2. The van der Waals surface area contributed by atoms with E-state index in [9.17, 15) is 9.18 Å². The maximum Gasteiger partial charge on any atom is 0.287 e. The summed E-state index contributed by atoms with van der Waals surface area (Å²) in [5.74, 6) is 0.708. The Morgan fingerprint density at radius 2 is 2.17 bits per heavy atom. The fourth-order valence-corrected chi connectivity index (χ4v) is 2.40. The summed E-state index contributed by atoms with van der Waals surface area (Å²) in [6.07, 6.45) is 3.40. The van der Waals surface area contributed by atoms with E-state index in [-0.39, 0.29) is 17.5 Å². The molecule has 0 radical (unpaired) electrons. The molecule has 5 nitrogen and oxygen atoms in total. The zero-order valence-corrected chi connectivity index (χ0v) is 12.8. The van der Waals surface area contributed by atoms with Gasteiger partial charge in [-0.2, -0.15) is 0 Å². The Labute approximate surface area is 132 Å². The standard InChI is InChI=1S/C17H16FN3O2/c1-11-6-7-14(23-11)17(22)20-15(16-19-8-9-21(16)2)12-4-3-5-13(18)10-12/h3-10,15H,1-2H3,(H,20,22). The third-order valence-electron chi connectivity index (χ3n) is 3.54. The summed E-state index contributed by atoms with van der Waals surface area (Å²) in [6.45, 7) is 1.76. The lowest BCUT2D eigenvalue weighted by Gasteiger charge is -2.18. The first-order valence-corrected chi connectivity index (χ1v) is 7.14. The zero-order chi connectivity index (χ0) is 16.4. The maximum atomic E-state index is 13.6. The summed E-state index contributed by atoms with van der Waals surface area (Å²) < 4.78 is 20.7. The number of rotatable bonds is 4. The van der Waals surface area contributed by atoms with Crippen LogP contribution in [0.1, 0.15) is 33.7 Å². The first kappa shape index (κ1) is 15.0. The van der Waals surface area contributed by atoms with Crippen LogP contribution in [0.4, 0.5) is 4.39 Å². The lowest BCUT2D eigenvalue weighted by Crippen LogP contribution is -2.31. The van der Waals surface area contributed by atoms with Crippen molar-refractivity contribution in [3.63, 3.8) is 0 Å². The SMILES string of the molecule is Cc1ccc(C(=O)NC(c2cccc(F)c2)c2nccn2C)o1. The quantitative estimate of drug-likeness (QED) is 0.805. The van der Waals surface area contributed by atoms with Crippen molar-refractivity contribution in [3.05, 3.63) is 77.5 Å². The molecule has 1 aromatic carbocycles. The third kappa shape index (κ3) is 3.15. The van der Waals surface area contributed by atoms with Crippen molar-refractivity contribution in [2.45, 2.75) is 13.0 Å². The summed E-state index contributed by atoms with van der Waals surface area (Å²) in [5, 5.41) is 2.85. The molecule has 0 fully saturated rings. The predicted octanol–water partition coefficient (Wildman–Crippen LogP) is 2.98. The molecular weight excluding hydrogens is 297 g/mol. The second kappa shape index (κ2) is 6.08. The monoisotopic (exact) mass is 313 g/mol. The van der Waals surface area contributed by atoms with Crippen LogP contribution in [0.5, 0.6) is 0 Å². The van der Waals surface area contributed by atoms with Gasteiger partial charge < -0.3 is 14.3 Å². The number of carbonyl (C=O) groups is 1. The Kier molecular flexibility index (Phi) is 3.97. The van der Waals surface area contributed by atoms with Crippen LogP contribution in [0.3, 0.4) is 0 Å². The van der Waals surface area contributed by atoms with E-state index in [2.05, 4.69) is 10.3 Å². The Bertz CT molecular complexity index is 838. The number of nitrogens with one attached hydrogen (secondary N) is 1. The Morgan fingerprint density at radius 3 is 2.78 bits per heavy atom. The molecular formula is C17H16FN3O2. The molecule has 6 heteroatoms. The molecule has 0 aliphatic carbocycles. The van der Waals surface area contributed by atoms with E-state index in [1.165, 1.54) is 12.1 Å². The van der Waals surface area contributed by atoms with Crippen molar-refractivity contribution >= 4 is 5.91 Å². The van der Waals surface area contributed by atoms with Crippen LogP contribution in [0.2, 0.25) is 0 Å². The van der Waals surface area contributed by atoms with E-state index in [4.69, 9.17) is 4.42 Å². The van der Waals surface area contributed by atoms with Crippen LogP contribution in [-0.2, 0) is 7.05 Å². The zero-order valence-electron chi connectivity index (χ0n) is 12.8. The van der Waals surface area contributed by atoms with Gasteiger partial charge in [-0.1, -0.05) is 12.1 Å². The third-order valence-corrected chi connectivity index (χ3v) is 3.54. The highest BCUT2D eigenvalue weighted by Crippen LogP contribution is 2.22. The van der Waals surface area contributed by atoms with E-state index in [0.29, 0.717) is 17.1 Å². The highest BCUT2D eigenvalue weighted by atomic mass is 19.1. The van der Waals surface area contributed by atoms with E-state index in [1.807, 2.05) is 7.05 Å². The Morgan fingerprint density at radius 1 is 1.35 bits per heavy atom. The number of amides is 1. The van der Waals surface area contributed by atoms with Gasteiger partial charge in [0.1, 0.15) is 23.4 Å². The smallest absolute Gasteiger partial charge is 0.287 e. The molecule has 0 bridgehead atoms. The summed E-state index contributed by atoms with van der Waals surface area (Å²) in [6, 6.07) is 8.82. The number of hydrogen-bond acceptors (Lipinski definition) is 3. The molecule has 1 unspecified atom stereocenters. The van der Waals surface area contributed by atoms with E-state index < -0.39 is 6.04 Å². The molecule has 0 spiro atoms. The number of benzene rings is 1. The van der Waals surface area contributed by atoms with Crippen molar-refractivity contribution in [2.75, 3.05) is 0 Å². The fraction of sp³-hybridized carbons (Fsp3) is 0.176. The fourth-order valence-electron chi connectivity index (χ4n) is 2.40. The van der Waals surface area contributed by atoms with Crippen molar-refractivity contribution < 1.29 is 13.6 Å². The normalized spacial score (nSPS) is 12.1. The number of imidazole rings is 1. The topological polar surface area (TPSA) is 60.1 Å². The number of carbonyl (C=O) groups excluding carboxylic acids is 1. The molecule has 0 saturated heterocycles. The van der Waals surface area contributed by atoms with Crippen LogP contribution >= 0.6 is 0 Å². The molecule has 3 rings (SSSR count). The van der Waals surface area contributed by atoms with Gasteiger partial charge in [-0.3, -0.25) is 4.79 Å². The van der Waals surface area contributed by atoms with Crippen molar-refractivity contribution in [1.82, 2.24) is 14.9 Å². The molecule has 1 amide bonds. The minimum Gasteiger partial charge on any atom is -0.456 e. The summed E-state index contributed by atoms with van der Waals surface area (Å²) >= 11 is 0. The Balaban J connectivity index is 1.96. The highest BCUT2D eigenvalue weighted by Gasteiger charge is 2.23. The van der Waals surface area contributed by atoms with E-state index >= 15 is 0 Å². The molecule has 1 atom stereocenters. The average Bonchev–Trinajstić information content (AvgIpc) is 3.13. The van der Waals surface area contributed by atoms with E-state index in [1.54, 1.807) is 48.1 Å². The first-order valence-electron chi connectivity index (χ1n) is 7.14. The van der Waals surface area contributed by atoms with Crippen molar-refractivity contribution in [2.24, 2.45) is 7.05 Å². The van der Waals surface area contributed by atoms with Crippen molar-refractivity contribution in [3.8, 4) is 0 Å². The number of aryl methyl sites for hydroxylation is 2. The van der Waals surface area contributed by atoms with Crippen LogP contribution in [0, 0.1) is 12.7 Å². The van der Waals surface area contributed by atoms with Crippen LogP contribution in [-0.4, -0.2) is 15.5 Å². The number of nitrogens with zero attached hydrogens (tertiary/aromatic N) is 2. The summed E-state index contributed by atoms with van der Waals surface area (Å²) in [4.78, 5) is 16.7. The lowest BCUT2D eigenvalue weighted by atomic mass is 10.1. The molecule has 2 heterocycles. The minimum atomic E-state index is -0.580. The number of halogens is 1. The predicted molar refractivity (Wildman–Crippen MR) is 82.4 cm³/mol. The molecule has 2 aromatic heterocycles. The average molecular weight is 313 g/mol. The lowest BCUT2D eigenvalue weighted by molar-refractivity contribution is 0.0912. The van der Waals surface area contributed by atoms with Gasteiger partial charge in [0.15, 0.2) is 5.76 Å². The van der Waals surface area contributed by atoms with Gasteiger partial charge in [0, 0.05) is 19.4 Å². The second-order valence-corrected chi connectivity index (χ2v) is 5.27. The molecule has 0 aliphatic rings. The van der Waals surface area contributed by atoms with Gasteiger partial charge in [-0.15, -0.1) is 0 Å². The second-order valence-electron chi connectivity index (χ2n) is 5.27. The summed E-state index contributed by atoms with van der Waals surface area (Å²) in [7, 11) is 1.82. The molecule has 0 aliphatic heterocycles. The molecule has 1 N–H and O–H groups in total. The Hall–Kier alpha value is -2.89. The summed E-state index contributed by atoms with van der Waals surface area (Å²) in [5.41, 5.74) is 0.607. The first-order chi connectivity index (χ1) is 11.0. The van der Waals surface area contributed by atoms with Crippen molar-refractivity contribution in [1.29, 1.82) is 0 Å². The van der Waals surface area contributed by atoms with Gasteiger partial charge in [0.05, 0.1) is 0 Å². The minimum absolute atomic E-state index is 0.207. The maximum absolute atomic E-state index is 13.6. The van der Waals surface area contributed by atoms with Gasteiger partial charge in [-0.05, 0) is 36.8 Å². The van der Waals surface area contributed by atoms with Crippen LogP contribution in [0.25, 0.3) is 0 Å². The van der Waals surface area contributed by atoms with Gasteiger partial charge in [0.2, 0.25) is 0 Å². The highest BCUT2D eigenvalue weighted by molar-refractivity contribution is 5.92. The van der Waals surface area contributed by atoms with Crippen LogP contribution < -0.4 is 5.32 Å². The largest absolute Gasteiger partial charge is 0.456 e. The number of hydrogen-bond donors (Lipinski definition) is 1. The molecule has 3 aromatic rings. The van der Waals surface area contributed by atoms with Gasteiger partial charge >= 0.3 is 0 Å². The number of furan rings is 1. The van der Waals surface area contributed by atoms with E-state index in [0.717, 1.165) is 0 Å². The van der Waals surface area contributed by atoms with Gasteiger partial charge in [0.25, 0.3) is 5.91 Å². The van der Waals surface area contributed by atoms with Crippen LogP contribution in [0.15, 0.2) is 53.2 Å². The molecule has 23 heavy (non-hydrogen) atoms. The molecule has 118 valence electrons. The van der Waals surface area contributed by atoms with Gasteiger partial charge in [-0.25, -0.2) is 9.37 Å². The molecule has 0 saturated carbocycles.